The van der Waals surface area contributed by atoms with Crippen molar-refractivity contribution in [2.24, 2.45) is 5.73 Å². The molecule has 1 aliphatic heterocycles. The molecule has 1 aliphatic rings. The van der Waals surface area contributed by atoms with Gasteiger partial charge in [-0.05, 0) is 44.7 Å². The molecule has 1 saturated heterocycles. The van der Waals surface area contributed by atoms with E-state index in [0.717, 1.165) is 24.5 Å². The molecule has 1 fully saturated rings. The smallest absolute Gasteiger partial charge is 0.267 e. The molecule has 0 aromatic carbocycles. The van der Waals surface area contributed by atoms with E-state index in [4.69, 9.17) is 10.5 Å². The molecule has 2 N–H and O–H groups in total. The van der Waals surface area contributed by atoms with E-state index in [0.29, 0.717) is 5.69 Å². The van der Waals surface area contributed by atoms with Gasteiger partial charge in [0.2, 0.25) is 0 Å². The molecule has 0 saturated carbocycles. The second-order valence-corrected chi connectivity index (χ2v) is 4.14. The van der Waals surface area contributed by atoms with Crippen molar-refractivity contribution < 1.29 is 9.53 Å². The molecule has 1 aromatic heterocycles. The molecule has 0 spiro atoms. The highest BCUT2D eigenvalue weighted by atomic mass is 16.5. The Morgan fingerprint density at radius 2 is 1.74 bits per heavy atom. The van der Waals surface area contributed by atoms with Crippen LogP contribution in [0.4, 0.5) is 0 Å². The molecule has 108 valence electrons. The summed E-state index contributed by atoms with van der Waals surface area (Å²) in [6, 6.07) is 3.47. The summed E-state index contributed by atoms with van der Waals surface area (Å²) in [6.45, 7) is 9.79. The lowest BCUT2D eigenvalue weighted by atomic mass is 10.2. The average Bonchev–Trinajstić information content (AvgIpc) is 2.46. The Bertz CT molecular complexity index is 363. The summed E-state index contributed by atoms with van der Waals surface area (Å²) in [5.41, 5.74) is 7.27. The zero-order valence-corrected chi connectivity index (χ0v) is 12.5. The van der Waals surface area contributed by atoms with E-state index in [1.54, 1.807) is 6.07 Å². The van der Waals surface area contributed by atoms with Crippen LogP contribution >= 0.6 is 0 Å². The number of ether oxygens (including phenoxy) is 1. The molecule has 19 heavy (non-hydrogen) atoms. The number of pyridine rings is 1. The van der Waals surface area contributed by atoms with Gasteiger partial charge < -0.3 is 10.5 Å². The van der Waals surface area contributed by atoms with Crippen LogP contribution in [-0.4, -0.2) is 24.1 Å². The molecule has 2 rings (SSSR count). The van der Waals surface area contributed by atoms with Crippen molar-refractivity contribution in [1.82, 2.24) is 4.98 Å². The average molecular weight is 266 g/mol. The van der Waals surface area contributed by atoms with Crippen LogP contribution in [0.15, 0.2) is 12.1 Å². The van der Waals surface area contributed by atoms with Gasteiger partial charge in [0.15, 0.2) is 0 Å². The molecular weight excluding hydrogens is 240 g/mol. The summed E-state index contributed by atoms with van der Waals surface area (Å²) in [5.74, 6) is -0.479. The maximum Gasteiger partial charge on any atom is 0.267 e. The van der Waals surface area contributed by atoms with Crippen LogP contribution in [0.25, 0.3) is 0 Å². The SMILES string of the molecule is C1CCOCC1.CC.Cc1ccc(C(N)=O)nc1C. The van der Waals surface area contributed by atoms with Gasteiger partial charge in [0.25, 0.3) is 5.91 Å². The van der Waals surface area contributed by atoms with Gasteiger partial charge >= 0.3 is 0 Å². The van der Waals surface area contributed by atoms with Crippen LogP contribution in [-0.2, 0) is 4.74 Å². The number of hydrogen-bond donors (Lipinski definition) is 1. The van der Waals surface area contributed by atoms with Crippen molar-refractivity contribution in [2.45, 2.75) is 47.0 Å². The number of carbonyl (C=O) groups is 1. The third-order valence-electron chi connectivity index (χ3n) is 2.68. The van der Waals surface area contributed by atoms with E-state index in [1.165, 1.54) is 19.3 Å². The maximum absolute atomic E-state index is 10.6. The molecule has 4 nitrogen and oxygen atoms in total. The van der Waals surface area contributed by atoms with Crippen molar-refractivity contribution in [3.8, 4) is 0 Å². The molecule has 1 amide bonds. The summed E-state index contributed by atoms with van der Waals surface area (Å²) < 4.78 is 5.07. The fraction of sp³-hybridized carbons (Fsp3) is 0.600. The number of hydrogen-bond acceptors (Lipinski definition) is 3. The first kappa shape index (κ1) is 17.6. The fourth-order valence-corrected chi connectivity index (χ4v) is 1.45. The molecule has 1 aromatic rings. The first-order valence-corrected chi connectivity index (χ1v) is 6.93. The highest BCUT2D eigenvalue weighted by molar-refractivity contribution is 5.90. The van der Waals surface area contributed by atoms with E-state index in [2.05, 4.69) is 4.98 Å². The van der Waals surface area contributed by atoms with Gasteiger partial charge in [-0.2, -0.15) is 0 Å². The monoisotopic (exact) mass is 266 g/mol. The van der Waals surface area contributed by atoms with E-state index >= 15 is 0 Å². The van der Waals surface area contributed by atoms with E-state index in [1.807, 2.05) is 33.8 Å². The molecule has 0 bridgehead atoms. The molecule has 4 heteroatoms. The summed E-state index contributed by atoms with van der Waals surface area (Å²) in [7, 11) is 0. The lowest BCUT2D eigenvalue weighted by Gasteiger charge is -2.08. The molecule has 0 atom stereocenters. The van der Waals surface area contributed by atoms with Crippen LogP contribution in [0.2, 0.25) is 0 Å². The number of rotatable bonds is 1. The minimum absolute atomic E-state index is 0.327. The second-order valence-electron chi connectivity index (χ2n) is 4.14. The van der Waals surface area contributed by atoms with E-state index in [-0.39, 0.29) is 0 Å². The van der Waals surface area contributed by atoms with Gasteiger partial charge in [0, 0.05) is 18.9 Å². The number of nitrogens with zero attached hydrogens (tertiary/aromatic N) is 1. The van der Waals surface area contributed by atoms with Crippen molar-refractivity contribution in [2.75, 3.05) is 13.2 Å². The van der Waals surface area contributed by atoms with Crippen LogP contribution in [0, 0.1) is 13.8 Å². The molecular formula is C15H26N2O2. The van der Waals surface area contributed by atoms with Crippen molar-refractivity contribution >= 4 is 5.91 Å². The Morgan fingerprint density at radius 3 is 2.05 bits per heavy atom. The zero-order valence-electron chi connectivity index (χ0n) is 12.5. The van der Waals surface area contributed by atoms with Crippen LogP contribution in [0.5, 0.6) is 0 Å². The van der Waals surface area contributed by atoms with E-state index < -0.39 is 5.91 Å². The number of aryl methyl sites for hydroxylation is 2. The van der Waals surface area contributed by atoms with Crippen molar-refractivity contribution in [3.05, 3.63) is 29.1 Å². The Hall–Kier alpha value is -1.42. The predicted octanol–water partition coefficient (Wildman–Crippen LogP) is 3.01. The van der Waals surface area contributed by atoms with Gasteiger partial charge in [-0.1, -0.05) is 19.9 Å². The van der Waals surface area contributed by atoms with Gasteiger partial charge in [0.05, 0.1) is 0 Å². The third-order valence-corrected chi connectivity index (χ3v) is 2.68. The van der Waals surface area contributed by atoms with E-state index in [9.17, 15) is 4.79 Å². The maximum atomic E-state index is 10.6. The number of aromatic nitrogens is 1. The van der Waals surface area contributed by atoms with Gasteiger partial charge in [-0.15, -0.1) is 0 Å². The minimum atomic E-state index is -0.479. The largest absolute Gasteiger partial charge is 0.381 e. The van der Waals surface area contributed by atoms with Crippen LogP contribution in [0.3, 0.4) is 0 Å². The highest BCUT2D eigenvalue weighted by Crippen LogP contribution is 2.03. The highest BCUT2D eigenvalue weighted by Gasteiger charge is 2.02. The Balaban J connectivity index is 0.000000341. The van der Waals surface area contributed by atoms with Crippen LogP contribution < -0.4 is 5.73 Å². The lowest BCUT2D eigenvalue weighted by molar-refractivity contribution is 0.0968. The quantitative estimate of drug-likeness (QED) is 0.849. The Morgan fingerprint density at radius 1 is 1.16 bits per heavy atom. The third kappa shape index (κ3) is 7.57. The summed E-state index contributed by atoms with van der Waals surface area (Å²) in [6.07, 6.45) is 3.93. The topological polar surface area (TPSA) is 65.2 Å². The standard InChI is InChI=1S/C8H10N2O.C5H10O.C2H6/c1-5-3-4-7(8(9)11)10-6(5)2;1-2-4-6-5-3-1;1-2/h3-4H,1-2H3,(H2,9,11);1-5H2;1-2H3. The zero-order chi connectivity index (χ0) is 14.7. The predicted molar refractivity (Wildman–Crippen MR) is 78.2 cm³/mol. The van der Waals surface area contributed by atoms with Crippen molar-refractivity contribution in [3.63, 3.8) is 0 Å². The first-order valence-electron chi connectivity index (χ1n) is 6.93. The summed E-state index contributed by atoms with van der Waals surface area (Å²) in [4.78, 5) is 14.6. The normalized spacial score (nSPS) is 13.5. The summed E-state index contributed by atoms with van der Waals surface area (Å²) >= 11 is 0. The fourth-order valence-electron chi connectivity index (χ4n) is 1.45. The summed E-state index contributed by atoms with van der Waals surface area (Å²) in [5, 5.41) is 0. The number of amides is 1. The van der Waals surface area contributed by atoms with Crippen LogP contribution in [0.1, 0.15) is 54.9 Å². The number of carbonyl (C=O) groups excluding carboxylic acids is 1. The van der Waals surface area contributed by atoms with Crippen molar-refractivity contribution in [1.29, 1.82) is 0 Å². The first-order chi connectivity index (χ1) is 9.11. The number of primary amides is 1. The number of nitrogens with two attached hydrogens (primary N) is 1. The van der Waals surface area contributed by atoms with Gasteiger partial charge in [-0.3, -0.25) is 4.79 Å². The minimum Gasteiger partial charge on any atom is -0.381 e. The van der Waals surface area contributed by atoms with Gasteiger partial charge in [0.1, 0.15) is 5.69 Å². The molecule has 0 radical (unpaired) electrons. The second kappa shape index (κ2) is 10.5. The molecule has 0 unspecified atom stereocenters. The van der Waals surface area contributed by atoms with Gasteiger partial charge in [-0.25, -0.2) is 4.98 Å². The Labute approximate surface area is 116 Å². The lowest BCUT2D eigenvalue weighted by Crippen LogP contribution is -2.13. The molecule has 0 aliphatic carbocycles. The Kier molecular flexibility index (Phi) is 9.71. The molecule has 2 heterocycles.